The van der Waals surface area contributed by atoms with Gasteiger partial charge < -0.3 is 0 Å². The molecule has 0 aliphatic heterocycles. The minimum atomic E-state index is 0.272. The van der Waals surface area contributed by atoms with E-state index >= 15 is 0 Å². The van der Waals surface area contributed by atoms with Gasteiger partial charge in [-0.2, -0.15) is 0 Å². The zero-order chi connectivity index (χ0) is 10.6. The minimum Gasteiger partial charge on any atom is -0.299 e. The Labute approximate surface area is 87.3 Å². The SMILES string of the molecule is CCC1(C)CC(=O)C2CC1CC2(C)C. The summed E-state index contributed by atoms with van der Waals surface area (Å²) in [6.45, 7) is 9.10. The number of ketones is 1. The fourth-order valence-corrected chi connectivity index (χ4v) is 3.64. The van der Waals surface area contributed by atoms with Crippen molar-refractivity contribution in [3.8, 4) is 0 Å². The number of Topliss-reactive ketones (excluding diaryl/α,β-unsaturated/α-hetero) is 1. The Morgan fingerprint density at radius 1 is 1.36 bits per heavy atom. The maximum absolute atomic E-state index is 12.0. The number of hydrogen-bond donors (Lipinski definition) is 0. The first-order valence-electron chi connectivity index (χ1n) is 5.92. The van der Waals surface area contributed by atoms with Crippen LogP contribution in [0.5, 0.6) is 0 Å². The van der Waals surface area contributed by atoms with Crippen LogP contribution in [0.1, 0.15) is 53.4 Å². The monoisotopic (exact) mass is 194 g/mol. The lowest BCUT2D eigenvalue weighted by Crippen LogP contribution is -2.35. The van der Waals surface area contributed by atoms with Crippen LogP contribution < -0.4 is 0 Å². The molecule has 0 saturated heterocycles. The zero-order valence-electron chi connectivity index (χ0n) is 9.89. The van der Waals surface area contributed by atoms with Gasteiger partial charge in [-0.3, -0.25) is 4.79 Å². The molecule has 0 aromatic carbocycles. The van der Waals surface area contributed by atoms with Crippen LogP contribution in [-0.4, -0.2) is 5.78 Å². The molecule has 0 heterocycles. The Morgan fingerprint density at radius 2 is 2.00 bits per heavy atom. The van der Waals surface area contributed by atoms with Crippen molar-refractivity contribution in [3.63, 3.8) is 0 Å². The van der Waals surface area contributed by atoms with Crippen LogP contribution in [0, 0.1) is 22.7 Å². The molecule has 0 N–H and O–H groups in total. The fraction of sp³-hybridized carbons (Fsp3) is 0.923. The Morgan fingerprint density at radius 3 is 2.57 bits per heavy atom. The van der Waals surface area contributed by atoms with E-state index in [1.165, 1.54) is 6.42 Å². The number of carbonyl (C=O) groups excluding carboxylic acids is 1. The molecule has 2 aliphatic carbocycles. The molecule has 80 valence electrons. The highest BCUT2D eigenvalue weighted by molar-refractivity contribution is 5.84. The third-order valence-corrected chi connectivity index (χ3v) is 5.00. The van der Waals surface area contributed by atoms with E-state index in [2.05, 4.69) is 27.7 Å². The molecule has 0 aromatic rings. The van der Waals surface area contributed by atoms with Gasteiger partial charge in [0.2, 0.25) is 0 Å². The Kier molecular flexibility index (Phi) is 2.06. The normalized spacial score (nSPS) is 45.6. The van der Waals surface area contributed by atoms with Crippen molar-refractivity contribution >= 4 is 5.78 Å². The first-order chi connectivity index (χ1) is 6.39. The van der Waals surface area contributed by atoms with Crippen LogP contribution in [0.2, 0.25) is 0 Å². The Bertz CT molecular complexity index is 266. The molecule has 2 rings (SSSR count). The second-order valence-corrected chi connectivity index (χ2v) is 6.33. The van der Waals surface area contributed by atoms with Gasteiger partial charge in [-0.25, -0.2) is 0 Å². The van der Waals surface area contributed by atoms with Crippen molar-refractivity contribution < 1.29 is 4.79 Å². The van der Waals surface area contributed by atoms with Crippen LogP contribution in [-0.2, 0) is 4.79 Å². The van der Waals surface area contributed by atoms with Crippen molar-refractivity contribution in [1.82, 2.24) is 0 Å². The average molecular weight is 194 g/mol. The largest absolute Gasteiger partial charge is 0.299 e. The highest BCUT2D eigenvalue weighted by Gasteiger charge is 2.54. The van der Waals surface area contributed by atoms with E-state index < -0.39 is 0 Å². The van der Waals surface area contributed by atoms with Crippen LogP contribution in [0.4, 0.5) is 0 Å². The molecule has 1 nitrogen and oxygen atoms in total. The molecular formula is C13H22O. The fourth-order valence-electron chi connectivity index (χ4n) is 3.64. The lowest BCUT2D eigenvalue weighted by atomic mass is 9.66. The lowest BCUT2D eigenvalue weighted by Gasteiger charge is -2.38. The highest BCUT2D eigenvalue weighted by Crippen LogP contribution is 2.59. The highest BCUT2D eigenvalue weighted by atomic mass is 16.1. The first kappa shape index (κ1) is 10.2. The molecule has 0 amide bonds. The maximum Gasteiger partial charge on any atom is 0.137 e. The summed E-state index contributed by atoms with van der Waals surface area (Å²) < 4.78 is 0. The summed E-state index contributed by atoms with van der Waals surface area (Å²) in [6, 6.07) is 0. The molecule has 0 spiro atoms. The van der Waals surface area contributed by atoms with E-state index in [-0.39, 0.29) is 5.41 Å². The molecule has 3 unspecified atom stereocenters. The summed E-state index contributed by atoms with van der Waals surface area (Å²) in [4.78, 5) is 12.0. The molecule has 14 heavy (non-hydrogen) atoms. The van der Waals surface area contributed by atoms with Crippen molar-refractivity contribution in [2.75, 3.05) is 0 Å². The van der Waals surface area contributed by atoms with Crippen molar-refractivity contribution in [2.45, 2.75) is 53.4 Å². The van der Waals surface area contributed by atoms with E-state index in [1.54, 1.807) is 0 Å². The van der Waals surface area contributed by atoms with E-state index in [0.717, 1.165) is 25.2 Å². The minimum absolute atomic E-state index is 0.272. The molecule has 3 atom stereocenters. The van der Waals surface area contributed by atoms with Crippen LogP contribution in [0.3, 0.4) is 0 Å². The van der Waals surface area contributed by atoms with E-state index in [4.69, 9.17) is 0 Å². The number of hydrogen-bond acceptors (Lipinski definition) is 1. The zero-order valence-corrected chi connectivity index (χ0v) is 9.89. The van der Waals surface area contributed by atoms with Gasteiger partial charge in [0.15, 0.2) is 0 Å². The van der Waals surface area contributed by atoms with Gasteiger partial charge in [0.1, 0.15) is 5.78 Å². The second kappa shape index (κ2) is 2.84. The van der Waals surface area contributed by atoms with E-state index in [0.29, 0.717) is 17.1 Å². The number of rotatable bonds is 1. The summed E-state index contributed by atoms with van der Waals surface area (Å²) in [6.07, 6.45) is 4.42. The third kappa shape index (κ3) is 1.24. The van der Waals surface area contributed by atoms with Gasteiger partial charge >= 0.3 is 0 Å². The summed E-state index contributed by atoms with van der Waals surface area (Å²) in [5.74, 6) is 1.70. The van der Waals surface area contributed by atoms with Crippen molar-refractivity contribution in [2.24, 2.45) is 22.7 Å². The Hall–Kier alpha value is -0.330. The van der Waals surface area contributed by atoms with E-state index in [1.807, 2.05) is 0 Å². The molecule has 0 aromatic heterocycles. The number of carbonyl (C=O) groups is 1. The van der Waals surface area contributed by atoms with Crippen LogP contribution >= 0.6 is 0 Å². The average Bonchev–Trinajstić information content (AvgIpc) is 2.37. The molecule has 2 saturated carbocycles. The Balaban J connectivity index is 2.31. The van der Waals surface area contributed by atoms with Gasteiger partial charge in [0.25, 0.3) is 0 Å². The predicted octanol–water partition coefficient (Wildman–Crippen LogP) is 3.43. The lowest BCUT2D eigenvalue weighted by molar-refractivity contribution is -0.130. The quantitative estimate of drug-likeness (QED) is 0.625. The van der Waals surface area contributed by atoms with Gasteiger partial charge in [0.05, 0.1) is 0 Å². The number of fused-ring (bicyclic) bond motifs is 2. The van der Waals surface area contributed by atoms with Gasteiger partial charge in [-0.1, -0.05) is 34.1 Å². The topological polar surface area (TPSA) is 17.1 Å². The first-order valence-corrected chi connectivity index (χ1v) is 5.92. The van der Waals surface area contributed by atoms with Gasteiger partial charge in [0, 0.05) is 12.3 Å². The molecule has 2 bridgehead atoms. The van der Waals surface area contributed by atoms with E-state index in [9.17, 15) is 4.79 Å². The predicted molar refractivity (Wildman–Crippen MR) is 58.0 cm³/mol. The van der Waals surface area contributed by atoms with Crippen molar-refractivity contribution in [3.05, 3.63) is 0 Å². The van der Waals surface area contributed by atoms with Crippen molar-refractivity contribution in [1.29, 1.82) is 0 Å². The molecule has 1 heteroatoms. The maximum atomic E-state index is 12.0. The molecule has 0 radical (unpaired) electrons. The summed E-state index contributed by atoms with van der Waals surface area (Å²) in [5.41, 5.74) is 0.579. The summed E-state index contributed by atoms with van der Waals surface area (Å²) >= 11 is 0. The van der Waals surface area contributed by atoms with Gasteiger partial charge in [-0.15, -0.1) is 0 Å². The smallest absolute Gasteiger partial charge is 0.137 e. The molecular weight excluding hydrogens is 172 g/mol. The summed E-state index contributed by atoms with van der Waals surface area (Å²) in [5, 5.41) is 0. The van der Waals surface area contributed by atoms with Gasteiger partial charge in [-0.05, 0) is 29.6 Å². The third-order valence-electron chi connectivity index (χ3n) is 5.00. The second-order valence-electron chi connectivity index (χ2n) is 6.33. The standard InChI is InChI=1S/C13H22O/c1-5-13(4)8-11(14)10-6-9(13)7-12(10,2)3/h9-10H,5-8H2,1-4H3. The van der Waals surface area contributed by atoms with Crippen LogP contribution in [0.15, 0.2) is 0 Å². The molecule has 2 fully saturated rings. The molecule has 2 aliphatic rings. The summed E-state index contributed by atoms with van der Waals surface area (Å²) in [7, 11) is 0. The van der Waals surface area contributed by atoms with Crippen LogP contribution in [0.25, 0.3) is 0 Å².